The van der Waals surface area contributed by atoms with Crippen LogP contribution in [0.25, 0.3) is 0 Å². The van der Waals surface area contributed by atoms with Crippen molar-refractivity contribution in [3.05, 3.63) is 0 Å². The van der Waals surface area contributed by atoms with Gasteiger partial charge in [0.25, 0.3) is 0 Å². The quantitative estimate of drug-likeness (QED) is 0.280. The molecule has 0 aromatic carbocycles. The van der Waals surface area contributed by atoms with Crippen molar-refractivity contribution in [2.24, 2.45) is 0 Å². The molecular weight excluding hydrogens is 260 g/mol. The summed E-state index contributed by atoms with van der Waals surface area (Å²) in [5.74, 6) is 0. The first-order valence-corrected chi connectivity index (χ1v) is 9.55. The van der Waals surface area contributed by atoms with Crippen LogP contribution < -0.4 is 0 Å². The van der Waals surface area contributed by atoms with Gasteiger partial charge in [-0.2, -0.15) is 0 Å². The number of epoxide rings is 1. The molecule has 1 unspecified atom stereocenters. The number of ether oxygens (including phenoxy) is 2. The lowest BCUT2D eigenvalue weighted by atomic mass is 10.3. The Morgan fingerprint density at radius 2 is 1.68 bits per heavy atom. The van der Waals surface area contributed by atoms with E-state index in [-0.39, 0.29) is 0 Å². The van der Waals surface area contributed by atoms with Crippen LogP contribution in [-0.2, 0) is 18.3 Å². The number of unbranched alkanes of at least 4 members (excludes halogenated alkanes) is 2. The van der Waals surface area contributed by atoms with Crippen molar-refractivity contribution in [2.45, 2.75) is 58.1 Å². The van der Waals surface area contributed by atoms with E-state index in [2.05, 4.69) is 13.8 Å². The van der Waals surface area contributed by atoms with E-state index in [9.17, 15) is 0 Å². The SMILES string of the molecule is CCCO[SiH](CCCCCOCC1CO1)OCCC. The number of rotatable bonds is 14. The first kappa shape index (κ1) is 17.1. The Balaban J connectivity index is 1.89. The van der Waals surface area contributed by atoms with Crippen LogP contribution >= 0.6 is 0 Å². The molecule has 5 heteroatoms. The highest BCUT2D eigenvalue weighted by molar-refractivity contribution is 6.44. The molecule has 1 heterocycles. The first-order valence-electron chi connectivity index (χ1n) is 7.79. The molecule has 1 rings (SSSR count). The molecule has 19 heavy (non-hydrogen) atoms. The second-order valence-electron chi connectivity index (χ2n) is 5.05. The monoisotopic (exact) mass is 290 g/mol. The molecule has 114 valence electrons. The van der Waals surface area contributed by atoms with Gasteiger partial charge in [0, 0.05) is 19.8 Å². The van der Waals surface area contributed by atoms with Crippen LogP contribution in [0.5, 0.6) is 0 Å². The zero-order chi connectivity index (χ0) is 13.8. The van der Waals surface area contributed by atoms with E-state index in [1.165, 1.54) is 12.8 Å². The van der Waals surface area contributed by atoms with Gasteiger partial charge in [0.1, 0.15) is 6.10 Å². The maximum absolute atomic E-state index is 5.83. The summed E-state index contributed by atoms with van der Waals surface area (Å²) in [4.78, 5) is 0. The van der Waals surface area contributed by atoms with Gasteiger partial charge in [-0.15, -0.1) is 0 Å². The largest absolute Gasteiger partial charge is 0.397 e. The lowest BCUT2D eigenvalue weighted by molar-refractivity contribution is 0.113. The third kappa shape index (κ3) is 10.5. The molecule has 0 aromatic rings. The molecule has 1 fully saturated rings. The van der Waals surface area contributed by atoms with Crippen LogP contribution in [0.2, 0.25) is 6.04 Å². The molecule has 0 aliphatic carbocycles. The standard InChI is InChI=1S/C14H30O4Si/c1-3-8-17-19(18-9-4-2)11-7-5-6-10-15-12-14-13-16-14/h14,19H,3-13H2,1-2H3. The second-order valence-corrected chi connectivity index (χ2v) is 7.15. The van der Waals surface area contributed by atoms with Crippen LogP contribution in [0.15, 0.2) is 0 Å². The molecule has 4 nitrogen and oxygen atoms in total. The maximum atomic E-state index is 5.83. The zero-order valence-electron chi connectivity index (χ0n) is 12.6. The molecular formula is C14H30O4Si. The van der Waals surface area contributed by atoms with Gasteiger partial charge in [0.15, 0.2) is 0 Å². The predicted molar refractivity (Wildman–Crippen MR) is 78.9 cm³/mol. The van der Waals surface area contributed by atoms with Crippen LogP contribution in [-0.4, -0.2) is 48.4 Å². The average Bonchev–Trinajstić information content (AvgIpc) is 3.24. The summed E-state index contributed by atoms with van der Waals surface area (Å²) in [6.45, 7) is 8.51. The van der Waals surface area contributed by atoms with E-state index in [1.54, 1.807) is 0 Å². The Kier molecular flexibility index (Phi) is 10.7. The lowest BCUT2D eigenvalue weighted by Gasteiger charge is -2.16. The van der Waals surface area contributed by atoms with Crippen molar-refractivity contribution < 1.29 is 18.3 Å². The third-order valence-electron chi connectivity index (χ3n) is 2.95. The highest BCUT2D eigenvalue weighted by Crippen LogP contribution is 2.10. The molecule has 1 aliphatic rings. The van der Waals surface area contributed by atoms with Crippen molar-refractivity contribution in [2.75, 3.05) is 33.0 Å². The fraction of sp³-hybridized carbons (Fsp3) is 1.00. The lowest BCUT2D eigenvalue weighted by Crippen LogP contribution is -2.23. The maximum Gasteiger partial charge on any atom is 0.321 e. The highest BCUT2D eigenvalue weighted by atomic mass is 28.3. The van der Waals surface area contributed by atoms with E-state index >= 15 is 0 Å². The first-order chi connectivity index (χ1) is 9.36. The van der Waals surface area contributed by atoms with Crippen LogP contribution in [0.3, 0.4) is 0 Å². The second kappa shape index (κ2) is 11.8. The van der Waals surface area contributed by atoms with Crippen molar-refractivity contribution in [1.29, 1.82) is 0 Å². The number of hydrogen-bond donors (Lipinski definition) is 0. The van der Waals surface area contributed by atoms with Crippen LogP contribution in [0, 0.1) is 0 Å². The van der Waals surface area contributed by atoms with Gasteiger partial charge in [-0.05, 0) is 25.3 Å². The molecule has 0 radical (unpaired) electrons. The topological polar surface area (TPSA) is 40.2 Å². The summed E-state index contributed by atoms with van der Waals surface area (Å²) in [6, 6.07) is 1.13. The Bertz CT molecular complexity index is 192. The minimum absolute atomic E-state index is 0.390. The van der Waals surface area contributed by atoms with Gasteiger partial charge in [-0.3, -0.25) is 0 Å². The highest BCUT2D eigenvalue weighted by Gasteiger charge is 2.21. The summed E-state index contributed by atoms with van der Waals surface area (Å²) >= 11 is 0. The molecule has 0 bridgehead atoms. The van der Waals surface area contributed by atoms with E-state index in [1.807, 2.05) is 0 Å². The van der Waals surface area contributed by atoms with Crippen LogP contribution in [0.1, 0.15) is 46.0 Å². The third-order valence-corrected chi connectivity index (χ3v) is 5.04. The normalized spacial score (nSPS) is 18.2. The summed E-state index contributed by atoms with van der Waals surface area (Å²) in [6.07, 6.45) is 6.09. The minimum Gasteiger partial charge on any atom is -0.397 e. The van der Waals surface area contributed by atoms with Gasteiger partial charge >= 0.3 is 9.28 Å². The van der Waals surface area contributed by atoms with Gasteiger partial charge < -0.3 is 18.3 Å². The van der Waals surface area contributed by atoms with Gasteiger partial charge in [0.05, 0.1) is 13.2 Å². The molecule has 0 spiro atoms. The Labute approximate surface area is 119 Å². The Morgan fingerprint density at radius 1 is 1.00 bits per heavy atom. The van der Waals surface area contributed by atoms with E-state index in [4.69, 9.17) is 18.3 Å². The van der Waals surface area contributed by atoms with Crippen LogP contribution in [0.4, 0.5) is 0 Å². The smallest absolute Gasteiger partial charge is 0.321 e. The van der Waals surface area contributed by atoms with Gasteiger partial charge in [-0.1, -0.05) is 26.7 Å². The summed E-state index contributed by atoms with van der Waals surface area (Å²) in [5.41, 5.74) is 0. The van der Waals surface area contributed by atoms with Gasteiger partial charge in [0.2, 0.25) is 0 Å². The molecule has 0 aromatic heterocycles. The van der Waals surface area contributed by atoms with Gasteiger partial charge in [-0.25, -0.2) is 0 Å². The molecule has 0 amide bonds. The molecule has 1 atom stereocenters. The fourth-order valence-electron chi connectivity index (χ4n) is 1.78. The molecule has 1 saturated heterocycles. The van der Waals surface area contributed by atoms with E-state index in [0.717, 1.165) is 58.3 Å². The Morgan fingerprint density at radius 3 is 2.26 bits per heavy atom. The zero-order valence-corrected chi connectivity index (χ0v) is 13.7. The predicted octanol–water partition coefficient (Wildman–Crippen LogP) is 2.65. The number of hydrogen-bond acceptors (Lipinski definition) is 4. The fourth-order valence-corrected chi connectivity index (χ4v) is 3.83. The summed E-state index contributed by atoms with van der Waals surface area (Å²) in [7, 11) is -1.39. The minimum atomic E-state index is -1.39. The Hall–Kier alpha value is 0.0569. The van der Waals surface area contributed by atoms with Crippen molar-refractivity contribution >= 4 is 9.28 Å². The molecule has 0 saturated carbocycles. The van der Waals surface area contributed by atoms with Crippen molar-refractivity contribution in [1.82, 2.24) is 0 Å². The molecule has 0 N–H and O–H groups in total. The van der Waals surface area contributed by atoms with E-state index in [0.29, 0.717) is 6.10 Å². The van der Waals surface area contributed by atoms with E-state index < -0.39 is 9.28 Å². The van der Waals surface area contributed by atoms with Crippen molar-refractivity contribution in [3.8, 4) is 0 Å². The average molecular weight is 290 g/mol. The van der Waals surface area contributed by atoms with Crippen molar-refractivity contribution in [3.63, 3.8) is 0 Å². The summed E-state index contributed by atoms with van der Waals surface area (Å²) < 4.78 is 22.3. The summed E-state index contributed by atoms with van der Waals surface area (Å²) in [5, 5.41) is 0. The molecule has 1 aliphatic heterocycles.